The van der Waals surface area contributed by atoms with E-state index >= 15 is 0 Å². The third kappa shape index (κ3) is 7.30. The minimum atomic E-state index is -0.0409. The van der Waals surface area contributed by atoms with E-state index in [-0.39, 0.29) is 11.8 Å². The van der Waals surface area contributed by atoms with Crippen molar-refractivity contribution >= 4 is 23.4 Å². The van der Waals surface area contributed by atoms with Crippen molar-refractivity contribution in [2.24, 2.45) is 0 Å². The summed E-state index contributed by atoms with van der Waals surface area (Å²) in [5, 5.41) is 3.55. The monoisotopic (exact) mass is 362 g/mol. The van der Waals surface area contributed by atoms with Gasteiger partial charge in [0.25, 0.3) is 0 Å². The number of amides is 2. The van der Waals surface area contributed by atoms with Crippen LogP contribution in [0.5, 0.6) is 0 Å². The Labute approximate surface area is 155 Å². The molecule has 0 radical (unpaired) electrons. The van der Waals surface area contributed by atoms with Gasteiger partial charge in [-0.1, -0.05) is 35.4 Å². The zero-order valence-corrected chi connectivity index (χ0v) is 15.6. The number of hydrogen-bond donors (Lipinski definition) is 1. The molecule has 1 aliphatic rings. The van der Waals surface area contributed by atoms with Gasteiger partial charge < -0.3 is 10.2 Å². The van der Waals surface area contributed by atoms with Crippen LogP contribution in [0.3, 0.4) is 0 Å². The number of allylic oxidation sites excluding steroid dienone is 1. The van der Waals surface area contributed by atoms with E-state index in [0.717, 1.165) is 31.4 Å². The van der Waals surface area contributed by atoms with E-state index in [1.54, 1.807) is 19.1 Å². The lowest BCUT2D eigenvalue weighted by atomic mass is 9.97. The van der Waals surface area contributed by atoms with E-state index in [2.05, 4.69) is 11.4 Å². The van der Waals surface area contributed by atoms with Gasteiger partial charge in [0.15, 0.2) is 0 Å². The molecule has 2 rings (SSSR count). The number of hydrogen-bond acceptors (Lipinski definition) is 2. The van der Waals surface area contributed by atoms with Crippen LogP contribution in [-0.4, -0.2) is 36.3 Å². The van der Waals surface area contributed by atoms with E-state index < -0.39 is 0 Å². The maximum absolute atomic E-state index is 12.0. The predicted octanol–water partition coefficient (Wildman–Crippen LogP) is 3.74. The summed E-state index contributed by atoms with van der Waals surface area (Å²) in [6.07, 6.45) is 8.43. The largest absolute Gasteiger partial charge is 0.354 e. The van der Waals surface area contributed by atoms with Crippen LogP contribution in [0.4, 0.5) is 0 Å². The van der Waals surface area contributed by atoms with Gasteiger partial charge in [-0.15, -0.1) is 0 Å². The minimum absolute atomic E-state index is 0.0409. The fraction of sp³-hybridized carbons (Fsp3) is 0.500. The Balaban J connectivity index is 1.71. The molecule has 5 heteroatoms. The summed E-state index contributed by atoms with van der Waals surface area (Å²) in [7, 11) is 0. The Morgan fingerprint density at radius 1 is 1.16 bits per heavy atom. The molecule has 0 aromatic heterocycles. The third-order valence-corrected chi connectivity index (χ3v) is 4.77. The summed E-state index contributed by atoms with van der Waals surface area (Å²) in [5.74, 6) is 0.0178. The first-order valence-corrected chi connectivity index (χ1v) is 9.37. The van der Waals surface area contributed by atoms with Crippen molar-refractivity contribution < 1.29 is 9.59 Å². The van der Waals surface area contributed by atoms with E-state index in [1.165, 1.54) is 18.4 Å². The fourth-order valence-electron chi connectivity index (χ4n) is 3.02. The molecule has 1 aromatic rings. The number of benzene rings is 1. The number of carbonyl (C=O) groups is 2. The molecule has 2 amide bonds. The number of rotatable bonds is 8. The van der Waals surface area contributed by atoms with Crippen LogP contribution in [0.1, 0.15) is 44.6 Å². The minimum Gasteiger partial charge on any atom is -0.354 e. The number of nitrogens with one attached hydrogen (secondary N) is 1. The normalized spacial score (nSPS) is 13.9. The molecule has 25 heavy (non-hydrogen) atoms. The van der Waals surface area contributed by atoms with Crippen molar-refractivity contribution in [3.63, 3.8) is 0 Å². The van der Waals surface area contributed by atoms with E-state index in [9.17, 15) is 9.59 Å². The smallest absolute Gasteiger partial charge is 0.224 e. The molecule has 0 spiro atoms. The van der Waals surface area contributed by atoms with Gasteiger partial charge in [-0.3, -0.25) is 9.59 Å². The van der Waals surface area contributed by atoms with Crippen LogP contribution < -0.4 is 5.32 Å². The molecule has 136 valence electrons. The Kier molecular flexibility index (Phi) is 7.99. The first-order valence-electron chi connectivity index (χ1n) is 8.99. The zero-order valence-electron chi connectivity index (χ0n) is 14.9. The molecule has 1 N–H and O–H groups in total. The van der Waals surface area contributed by atoms with Gasteiger partial charge in [0.05, 0.1) is 6.42 Å². The second-order valence-corrected chi connectivity index (χ2v) is 6.95. The highest BCUT2D eigenvalue weighted by molar-refractivity contribution is 6.30. The second kappa shape index (κ2) is 10.2. The summed E-state index contributed by atoms with van der Waals surface area (Å²) >= 11 is 5.84. The molecule has 0 aliphatic heterocycles. The van der Waals surface area contributed by atoms with Gasteiger partial charge in [0.1, 0.15) is 0 Å². The second-order valence-electron chi connectivity index (χ2n) is 6.52. The Hall–Kier alpha value is -1.81. The van der Waals surface area contributed by atoms with Crippen molar-refractivity contribution in [1.29, 1.82) is 0 Å². The molecule has 0 saturated heterocycles. The van der Waals surface area contributed by atoms with Crippen molar-refractivity contribution in [1.82, 2.24) is 10.2 Å². The summed E-state index contributed by atoms with van der Waals surface area (Å²) < 4.78 is 0. The third-order valence-electron chi connectivity index (χ3n) is 4.52. The topological polar surface area (TPSA) is 49.4 Å². The fourth-order valence-corrected chi connectivity index (χ4v) is 3.14. The molecule has 0 fully saturated rings. The van der Waals surface area contributed by atoms with Crippen LogP contribution in [-0.2, 0) is 16.0 Å². The van der Waals surface area contributed by atoms with Gasteiger partial charge in [0.2, 0.25) is 11.8 Å². The number of nitrogens with zero attached hydrogens (tertiary/aromatic N) is 1. The van der Waals surface area contributed by atoms with Crippen molar-refractivity contribution in [2.45, 2.75) is 45.4 Å². The Bertz CT molecular complexity index is 611. The molecule has 4 nitrogen and oxygen atoms in total. The summed E-state index contributed by atoms with van der Waals surface area (Å²) in [6.45, 7) is 3.35. The van der Waals surface area contributed by atoms with Crippen LogP contribution in [0.25, 0.3) is 0 Å². The molecule has 0 bridgehead atoms. The molecular weight excluding hydrogens is 336 g/mol. The standard InChI is InChI=1S/C20H27ClN2O2/c1-16(24)23(13-11-17-5-3-2-4-6-17)14-12-22-20(25)15-18-7-9-19(21)10-8-18/h5,7-10H,2-4,6,11-15H2,1H3,(H,22,25). The van der Waals surface area contributed by atoms with Crippen molar-refractivity contribution in [3.05, 3.63) is 46.5 Å². The van der Waals surface area contributed by atoms with Crippen LogP contribution in [0.2, 0.25) is 5.02 Å². The van der Waals surface area contributed by atoms with Gasteiger partial charge in [-0.25, -0.2) is 0 Å². The molecular formula is C20H27ClN2O2. The van der Waals surface area contributed by atoms with Gasteiger partial charge >= 0.3 is 0 Å². The average Bonchev–Trinajstić information content (AvgIpc) is 2.60. The SMILES string of the molecule is CC(=O)N(CCNC(=O)Cc1ccc(Cl)cc1)CCC1=CCCCC1. The highest BCUT2D eigenvalue weighted by Gasteiger charge is 2.11. The average molecular weight is 363 g/mol. The van der Waals surface area contributed by atoms with Crippen LogP contribution >= 0.6 is 11.6 Å². The van der Waals surface area contributed by atoms with E-state index in [4.69, 9.17) is 11.6 Å². The Morgan fingerprint density at radius 2 is 1.92 bits per heavy atom. The number of carbonyl (C=O) groups excluding carboxylic acids is 2. The molecule has 1 aromatic carbocycles. The Morgan fingerprint density at radius 3 is 2.56 bits per heavy atom. The van der Waals surface area contributed by atoms with Gasteiger partial charge in [-0.2, -0.15) is 0 Å². The summed E-state index contributed by atoms with van der Waals surface area (Å²) in [4.78, 5) is 25.6. The van der Waals surface area contributed by atoms with Crippen LogP contribution in [0, 0.1) is 0 Å². The maximum Gasteiger partial charge on any atom is 0.224 e. The first kappa shape index (κ1) is 19.5. The molecule has 0 saturated carbocycles. The van der Waals surface area contributed by atoms with E-state index in [1.807, 2.05) is 17.0 Å². The molecule has 0 unspecified atom stereocenters. The molecule has 0 atom stereocenters. The highest BCUT2D eigenvalue weighted by atomic mass is 35.5. The lowest BCUT2D eigenvalue weighted by Crippen LogP contribution is -2.38. The molecule has 1 aliphatic carbocycles. The van der Waals surface area contributed by atoms with Gasteiger partial charge in [0, 0.05) is 31.6 Å². The maximum atomic E-state index is 12.0. The van der Waals surface area contributed by atoms with Gasteiger partial charge in [-0.05, 0) is 49.8 Å². The lowest BCUT2D eigenvalue weighted by Gasteiger charge is -2.23. The summed E-state index contributed by atoms with van der Waals surface area (Å²) in [5.41, 5.74) is 2.39. The highest BCUT2D eigenvalue weighted by Crippen LogP contribution is 2.20. The lowest BCUT2D eigenvalue weighted by molar-refractivity contribution is -0.129. The summed E-state index contributed by atoms with van der Waals surface area (Å²) in [6, 6.07) is 7.26. The van der Waals surface area contributed by atoms with Crippen LogP contribution in [0.15, 0.2) is 35.9 Å². The van der Waals surface area contributed by atoms with Crippen molar-refractivity contribution in [3.8, 4) is 0 Å². The van der Waals surface area contributed by atoms with Crippen molar-refractivity contribution in [2.75, 3.05) is 19.6 Å². The first-order chi connectivity index (χ1) is 12.0. The number of halogens is 1. The predicted molar refractivity (Wildman–Crippen MR) is 102 cm³/mol. The quantitative estimate of drug-likeness (QED) is 0.716. The zero-order chi connectivity index (χ0) is 18.1. The van der Waals surface area contributed by atoms with E-state index in [0.29, 0.717) is 24.5 Å². The molecule has 0 heterocycles.